The monoisotopic (exact) mass is 363 g/mol. The van der Waals surface area contributed by atoms with Crippen molar-refractivity contribution in [1.82, 2.24) is 14.7 Å². The van der Waals surface area contributed by atoms with Gasteiger partial charge in [-0.2, -0.15) is 5.10 Å². The normalized spacial score (nSPS) is 15.1. The van der Waals surface area contributed by atoms with Gasteiger partial charge in [-0.05, 0) is 37.5 Å². The highest BCUT2D eigenvalue weighted by molar-refractivity contribution is 7.81. The van der Waals surface area contributed by atoms with Gasteiger partial charge in [0.15, 0.2) is 0 Å². The minimum Gasteiger partial charge on any atom is -0.755 e. The summed E-state index contributed by atoms with van der Waals surface area (Å²) in [6.07, 6.45) is 1.09. The first-order valence-corrected chi connectivity index (χ1v) is 8.95. The van der Waals surface area contributed by atoms with Crippen molar-refractivity contribution >= 4 is 28.9 Å². The van der Waals surface area contributed by atoms with E-state index < -0.39 is 17.4 Å². The Morgan fingerprint density at radius 2 is 2.16 bits per heavy atom. The average Bonchev–Trinajstić information content (AvgIpc) is 3.04. The van der Waals surface area contributed by atoms with E-state index >= 15 is 0 Å². The summed E-state index contributed by atoms with van der Waals surface area (Å²) in [6, 6.07) is 7.00. The van der Waals surface area contributed by atoms with Crippen LogP contribution in [0, 0.1) is 0 Å². The lowest BCUT2D eigenvalue weighted by atomic mass is 9.98. The molecule has 0 aliphatic carbocycles. The first kappa shape index (κ1) is 17.4. The van der Waals surface area contributed by atoms with Gasteiger partial charge in [-0.1, -0.05) is 12.1 Å². The topological polar surface area (TPSA) is 102 Å². The molecule has 25 heavy (non-hydrogen) atoms. The van der Waals surface area contributed by atoms with Crippen LogP contribution < -0.4 is 4.31 Å². The molecule has 2 aromatic rings. The molecule has 0 saturated carbocycles. The van der Waals surface area contributed by atoms with Crippen LogP contribution in [0.15, 0.2) is 30.5 Å². The average molecular weight is 363 g/mol. The first-order chi connectivity index (χ1) is 11.9. The summed E-state index contributed by atoms with van der Waals surface area (Å²) in [5.74, 6) is 0.421. The van der Waals surface area contributed by atoms with Gasteiger partial charge >= 0.3 is 6.09 Å². The second kappa shape index (κ2) is 6.85. The van der Waals surface area contributed by atoms with Gasteiger partial charge in [0.05, 0.1) is 29.7 Å². The molecule has 2 heterocycles. The van der Waals surface area contributed by atoms with Crippen molar-refractivity contribution in [2.24, 2.45) is 0 Å². The third-order valence-electron chi connectivity index (χ3n) is 4.23. The smallest absolute Gasteiger partial charge is 0.407 e. The van der Waals surface area contributed by atoms with Crippen LogP contribution in [-0.4, -0.2) is 41.2 Å². The summed E-state index contributed by atoms with van der Waals surface area (Å²) < 4.78 is 26.9. The van der Waals surface area contributed by atoms with E-state index in [0.717, 1.165) is 5.56 Å². The third-order valence-corrected chi connectivity index (χ3v) is 4.92. The van der Waals surface area contributed by atoms with Crippen LogP contribution in [0.1, 0.15) is 31.0 Å². The quantitative estimate of drug-likeness (QED) is 0.841. The van der Waals surface area contributed by atoms with E-state index in [4.69, 9.17) is 0 Å². The van der Waals surface area contributed by atoms with Gasteiger partial charge in [0.1, 0.15) is 5.82 Å². The summed E-state index contributed by atoms with van der Waals surface area (Å²) in [5, 5.41) is 13.5. The number of carbonyl (C=O) groups is 1. The van der Waals surface area contributed by atoms with Gasteiger partial charge in [0.2, 0.25) is 0 Å². The van der Waals surface area contributed by atoms with Crippen molar-refractivity contribution in [3.05, 3.63) is 41.6 Å². The lowest BCUT2D eigenvalue weighted by Gasteiger charge is -2.33. The van der Waals surface area contributed by atoms with Crippen molar-refractivity contribution in [2.45, 2.75) is 32.9 Å². The van der Waals surface area contributed by atoms with E-state index in [1.165, 1.54) is 9.21 Å². The Balaban J connectivity index is 2.11. The maximum atomic E-state index is 12.0. The molecule has 8 nitrogen and oxygen atoms in total. The lowest BCUT2D eigenvalue weighted by Crippen LogP contribution is -2.36. The molecule has 9 heteroatoms. The van der Waals surface area contributed by atoms with Crippen LogP contribution in [0.2, 0.25) is 0 Å². The van der Waals surface area contributed by atoms with Crippen LogP contribution in [0.5, 0.6) is 0 Å². The highest BCUT2D eigenvalue weighted by Gasteiger charge is 2.26. The number of amides is 1. The molecule has 1 N–H and O–H groups in total. The fourth-order valence-electron chi connectivity index (χ4n) is 3.06. The Bertz CT molecular complexity index is 820. The molecular weight excluding hydrogens is 344 g/mol. The molecule has 1 atom stereocenters. The molecule has 0 fully saturated rings. The van der Waals surface area contributed by atoms with Crippen LogP contribution in [0.25, 0.3) is 0 Å². The molecule has 0 saturated heterocycles. The van der Waals surface area contributed by atoms with E-state index in [-0.39, 0.29) is 12.6 Å². The van der Waals surface area contributed by atoms with Crippen molar-refractivity contribution in [2.75, 3.05) is 10.8 Å². The molecule has 134 valence electrons. The number of anilines is 2. The number of carboxylic acid groups (broad SMARTS) is 1. The number of nitrogens with zero attached hydrogens (tertiary/aromatic N) is 4. The molecule has 0 bridgehead atoms. The molecule has 1 aromatic heterocycles. The van der Waals surface area contributed by atoms with Crippen molar-refractivity contribution in [3.8, 4) is 0 Å². The van der Waals surface area contributed by atoms with Gasteiger partial charge < -0.3 is 14.6 Å². The highest BCUT2D eigenvalue weighted by atomic mass is 32.2. The number of aromatic nitrogens is 2. The predicted octanol–water partition coefficient (Wildman–Crippen LogP) is 2.43. The van der Waals surface area contributed by atoms with Gasteiger partial charge in [-0.25, -0.2) is 9.48 Å². The molecular formula is C16H19N4O4S-. The maximum absolute atomic E-state index is 12.0. The number of fused-ring (bicyclic) bond motifs is 1. The summed E-state index contributed by atoms with van der Waals surface area (Å²) in [7, 11) is 0. The van der Waals surface area contributed by atoms with Gasteiger partial charge in [0, 0.05) is 18.7 Å². The molecule has 1 aliphatic heterocycles. The summed E-state index contributed by atoms with van der Waals surface area (Å²) in [5.41, 5.74) is 2.12. The van der Waals surface area contributed by atoms with E-state index in [9.17, 15) is 18.7 Å². The lowest BCUT2D eigenvalue weighted by molar-refractivity contribution is 0.140. The predicted molar refractivity (Wildman–Crippen MR) is 92.3 cm³/mol. The van der Waals surface area contributed by atoms with E-state index in [0.29, 0.717) is 30.0 Å². The fourth-order valence-corrected chi connectivity index (χ4v) is 3.69. The van der Waals surface area contributed by atoms with Crippen LogP contribution >= 0.6 is 0 Å². The minimum absolute atomic E-state index is 0.0221. The molecule has 1 aromatic carbocycles. The van der Waals surface area contributed by atoms with Gasteiger partial charge in [0.25, 0.3) is 0 Å². The second-order valence-corrected chi connectivity index (χ2v) is 6.91. The highest BCUT2D eigenvalue weighted by Crippen LogP contribution is 2.35. The second-order valence-electron chi connectivity index (χ2n) is 6.11. The zero-order valence-electron chi connectivity index (χ0n) is 14.0. The van der Waals surface area contributed by atoms with Crippen LogP contribution in [0.3, 0.4) is 0 Å². The molecule has 0 radical (unpaired) electrons. The molecule has 1 amide bonds. The number of rotatable bonds is 4. The van der Waals surface area contributed by atoms with Crippen molar-refractivity contribution < 1.29 is 18.7 Å². The van der Waals surface area contributed by atoms with Crippen molar-refractivity contribution in [1.29, 1.82) is 0 Å². The van der Waals surface area contributed by atoms with Crippen LogP contribution in [0.4, 0.5) is 16.3 Å². The minimum atomic E-state index is -2.57. The van der Waals surface area contributed by atoms with Crippen LogP contribution in [-0.2, 0) is 24.2 Å². The Kier molecular flexibility index (Phi) is 4.78. The van der Waals surface area contributed by atoms with Gasteiger partial charge in [-0.15, -0.1) is 0 Å². The standard InChI is InChI=1S/C16H20N4O4S/c1-11(2)19-15(6-8-17-19)20(25(23)24)14-5-3-4-12-7-9-18(16(21)22)10-13(12)14/h3-6,8,11H,7,9-10H2,1-2H3,(H,21,22)(H,23,24)/p-1. The summed E-state index contributed by atoms with van der Waals surface area (Å²) in [6.45, 7) is 4.38. The van der Waals surface area contributed by atoms with Crippen molar-refractivity contribution in [3.63, 3.8) is 0 Å². The number of benzene rings is 1. The zero-order chi connectivity index (χ0) is 18.1. The Hall–Kier alpha value is -2.39. The summed E-state index contributed by atoms with van der Waals surface area (Å²) >= 11 is -2.57. The molecule has 0 spiro atoms. The summed E-state index contributed by atoms with van der Waals surface area (Å²) in [4.78, 5) is 12.6. The molecule has 1 unspecified atom stereocenters. The fraction of sp³-hybridized carbons (Fsp3) is 0.375. The third kappa shape index (κ3) is 3.24. The molecule has 3 rings (SSSR count). The largest absolute Gasteiger partial charge is 0.755 e. The van der Waals surface area contributed by atoms with Gasteiger partial charge in [-0.3, -0.25) is 8.51 Å². The Morgan fingerprint density at radius 1 is 1.40 bits per heavy atom. The Labute approximate surface area is 148 Å². The molecule has 1 aliphatic rings. The zero-order valence-corrected chi connectivity index (χ0v) is 14.8. The van der Waals surface area contributed by atoms with E-state index in [1.807, 2.05) is 19.9 Å². The first-order valence-electron chi connectivity index (χ1n) is 7.91. The Morgan fingerprint density at radius 3 is 2.80 bits per heavy atom. The SMILES string of the molecule is CC(C)n1nccc1N(c1cccc2c1CN(C(=O)O)CC2)S(=O)[O-]. The van der Waals surface area contributed by atoms with E-state index in [2.05, 4.69) is 5.10 Å². The van der Waals surface area contributed by atoms with E-state index in [1.54, 1.807) is 29.1 Å². The maximum Gasteiger partial charge on any atom is 0.407 e. The number of hydrogen-bond acceptors (Lipinski definition) is 4. The number of hydrogen-bond donors (Lipinski definition) is 1.